The van der Waals surface area contributed by atoms with Crippen LogP contribution in [0, 0.1) is 6.92 Å². The Morgan fingerprint density at radius 3 is 2.47 bits per heavy atom. The van der Waals surface area contributed by atoms with Crippen LogP contribution in [0.4, 0.5) is 0 Å². The summed E-state index contributed by atoms with van der Waals surface area (Å²) in [4.78, 5) is 29.7. The zero-order chi connectivity index (χ0) is 23.3. The van der Waals surface area contributed by atoms with Crippen molar-refractivity contribution < 1.29 is 19.4 Å². The number of aliphatic hydroxyl groups excluding tert-OH is 1. The molecule has 0 aliphatic carbocycles. The average molecular weight is 437 g/mol. The van der Waals surface area contributed by atoms with Gasteiger partial charge in [-0.1, -0.05) is 37.3 Å². The maximum Gasteiger partial charge on any atom is 0.295 e. The summed E-state index contributed by atoms with van der Waals surface area (Å²) in [6.45, 7) is 5.73. The summed E-state index contributed by atoms with van der Waals surface area (Å²) < 4.78 is 5.67. The molecule has 0 bridgehead atoms. The van der Waals surface area contributed by atoms with Gasteiger partial charge in [0, 0.05) is 12.1 Å². The van der Waals surface area contributed by atoms with Crippen LogP contribution in [-0.4, -0.2) is 60.4 Å². The van der Waals surface area contributed by atoms with Crippen LogP contribution in [0.5, 0.6) is 5.75 Å². The quantitative estimate of drug-likeness (QED) is 0.363. The lowest BCUT2D eigenvalue weighted by Gasteiger charge is -2.26. The first-order valence-corrected chi connectivity index (χ1v) is 11.1. The number of aliphatic hydroxyl groups is 1. The first-order chi connectivity index (χ1) is 15.3. The Labute approximate surface area is 190 Å². The number of carbonyl (C=O) groups excluding carboxylic acids is 2. The number of nitrogens with zero attached hydrogens (tertiary/aromatic N) is 2. The molecule has 2 aromatic rings. The number of hydrogen-bond acceptors (Lipinski definition) is 5. The molecular formula is C26H32N2O4. The van der Waals surface area contributed by atoms with Crippen molar-refractivity contribution in [1.29, 1.82) is 0 Å². The highest BCUT2D eigenvalue weighted by Gasteiger charge is 2.45. The number of hydrogen-bond donors (Lipinski definition) is 1. The third kappa shape index (κ3) is 5.02. The Morgan fingerprint density at radius 2 is 1.84 bits per heavy atom. The molecule has 0 unspecified atom stereocenters. The van der Waals surface area contributed by atoms with Crippen LogP contribution >= 0.6 is 0 Å². The normalized spacial score (nSPS) is 17.9. The van der Waals surface area contributed by atoms with Crippen LogP contribution in [0.15, 0.2) is 54.1 Å². The Bertz CT molecular complexity index is 998. The monoisotopic (exact) mass is 436 g/mol. The van der Waals surface area contributed by atoms with E-state index in [1.807, 2.05) is 69.2 Å². The molecule has 1 atom stereocenters. The molecule has 0 saturated carbocycles. The van der Waals surface area contributed by atoms with Gasteiger partial charge in [-0.05, 0) is 69.7 Å². The fraction of sp³-hybridized carbons (Fsp3) is 0.385. The second-order valence-electron chi connectivity index (χ2n) is 8.39. The summed E-state index contributed by atoms with van der Waals surface area (Å²) in [6, 6.07) is 14.2. The predicted octanol–water partition coefficient (Wildman–Crippen LogP) is 4.16. The van der Waals surface area contributed by atoms with Gasteiger partial charge in [0.15, 0.2) is 0 Å². The third-order valence-electron chi connectivity index (χ3n) is 5.59. The lowest BCUT2D eigenvalue weighted by molar-refractivity contribution is -0.139. The van der Waals surface area contributed by atoms with E-state index in [4.69, 9.17) is 4.74 Å². The second-order valence-corrected chi connectivity index (χ2v) is 8.39. The van der Waals surface area contributed by atoms with Crippen molar-refractivity contribution in [2.24, 2.45) is 0 Å². The number of amides is 1. The van der Waals surface area contributed by atoms with Crippen LogP contribution in [0.25, 0.3) is 5.76 Å². The number of aryl methyl sites for hydroxylation is 1. The van der Waals surface area contributed by atoms with Crippen molar-refractivity contribution in [1.82, 2.24) is 9.80 Å². The van der Waals surface area contributed by atoms with Gasteiger partial charge in [-0.3, -0.25) is 9.59 Å². The van der Waals surface area contributed by atoms with Crippen LogP contribution in [-0.2, 0) is 9.59 Å². The fourth-order valence-electron chi connectivity index (χ4n) is 4.01. The Hall–Kier alpha value is -3.12. The Kier molecular flexibility index (Phi) is 7.70. The van der Waals surface area contributed by atoms with Gasteiger partial charge in [0.05, 0.1) is 18.2 Å². The summed E-state index contributed by atoms with van der Waals surface area (Å²) in [7, 11) is 3.94. The highest BCUT2D eigenvalue weighted by Crippen LogP contribution is 2.40. The molecule has 170 valence electrons. The van der Waals surface area contributed by atoms with Gasteiger partial charge < -0.3 is 19.6 Å². The summed E-state index contributed by atoms with van der Waals surface area (Å²) in [5, 5.41) is 11.3. The molecule has 0 aromatic heterocycles. The van der Waals surface area contributed by atoms with E-state index in [0.717, 1.165) is 30.5 Å². The van der Waals surface area contributed by atoms with Gasteiger partial charge in [0.2, 0.25) is 0 Å². The Balaban J connectivity index is 2.04. The largest absolute Gasteiger partial charge is 0.507 e. The second kappa shape index (κ2) is 10.5. The first-order valence-electron chi connectivity index (χ1n) is 11.1. The van der Waals surface area contributed by atoms with Gasteiger partial charge in [0.1, 0.15) is 11.5 Å². The topological polar surface area (TPSA) is 70.1 Å². The minimum absolute atomic E-state index is 0.136. The summed E-state index contributed by atoms with van der Waals surface area (Å²) in [5.74, 6) is -0.650. The Morgan fingerprint density at radius 1 is 1.12 bits per heavy atom. The van der Waals surface area contributed by atoms with Gasteiger partial charge in [-0.15, -0.1) is 0 Å². The number of ketones is 1. The molecule has 1 N–H and O–H groups in total. The molecule has 3 rings (SSSR count). The number of rotatable bonds is 9. The van der Waals surface area contributed by atoms with E-state index in [1.54, 1.807) is 17.0 Å². The van der Waals surface area contributed by atoms with Crippen molar-refractivity contribution in [2.75, 3.05) is 33.8 Å². The lowest BCUT2D eigenvalue weighted by Crippen LogP contribution is -2.32. The highest BCUT2D eigenvalue weighted by molar-refractivity contribution is 6.46. The van der Waals surface area contributed by atoms with Crippen molar-refractivity contribution in [2.45, 2.75) is 32.7 Å². The van der Waals surface area contributed by atoms with Crippen molar-refractivity contribution in [3.8, 4) is 5.75 Å². The van der Waals surface area contributed by atoms with Crippen molar-refractivity contribution >= 4 is 17.4 Å². The fourth-order valence-corrected chi connectivity index (χ4v) is 4.01. The molecule has 32 heavy (non-hydrogen) atoms. The standard InChI is InChI=1S/C26H32N2O4/c1-5-16-32-20-12-13-21(18(2)17-20)24(29)22-23(19-10-7-6-8-11-19)28(26(31)25(22)30)15-9-14-27(3)4/h6-8,10-13,17,23,29H,5,9,14-16H2,1-4H3/t23-/m0/s1. The maximum absolute atomic E-state index is 13.1. The molecule has 6 nitrogen and oxygen atoms in total. The van der Waals surface area contributed by atoms with E-state index < -0.39 is 17.7 Å². The van der Waals surface area contributed by atoms with Crippen molar-refractivity contribution in [3.05, 3.63) is 70.8 Å². The minimum atomic E-state index is -0.646. The van der Waals surface area contributed by atoms with E-state index in [1.165, 1.54) is 0 Å². The van der Waals surface area contributed by atoms with E-state index in [0.29, 0.717) is 24.5 Å². The molecule has 1 amide bonds. The van der Waals surface area contributed by atoms with Crippen LogP contribution in [0.2, 0.25) is 0 Å². The number of ether oxygens (including phenoxy) is 1. The molecule has 1 aliphatic heterocycles. The summed E-state index contributed by atoms with van der Waals surface area (Å²) in [6.07, 6.45) is 1.63. The van der Waals surface area contributed by atoms with Crippen molar-refractivity contribution in [3.63, 3.8) is 0 Å². The summed E-state index contributed by atoms with van der Waals surface area (Å²) >= 11 is 0. The minimum Gasteiger partial charge on any atom is -0.507 e. The molecule has 1 heterocycles. The van der Waals surface area contributed by atoms with Crippen LogP contribution in [0.1, 0.15) is 42.5 Å². The zero-order valence-electron chi connectivity index (χ0n) is 19.3. The molecule has 0 radical (unpaired) electrons. The highest BCUT2D eigenvalue weighted by atomic mass is 16.5. The van der Waals surface area contributed by atoms with E-state index in [-0.39, 0.29) is 11.3 Å². The number of benzene rings is 2. The first kappa shape index (κ1) is 23.5. The van der Waals surface area contributed by atoms with Gasteiger partial charge >= 0.3 is 0 Å². The molecule has 6 heteroatoms. The number of likely N-dealkylation sites (tertiary alicyclic amines) is 1. The number of Topliss-reactive ketones (excluding diaryl/α,β-unsaturated/α-hetero) is 1. The molecule has 2 aromatic carbocycles. The average Bonchev–Trinajstić information content (AvgIpc) is 3.02. The van der Waals surface area contributed by atoms with E-state index in [2.05, 4.69) is 0 Å². The lowest BCUT2D eigenvalue weighted by atomic mass is 9.94. The smallest absolute Gasteiger partial charge is 0.295 e. The number of carbonyl (C=O) groups is 2. The molecule has 1 aliphatic rings. The van der Waals surface area contributed by atoms with Crippen LogP contribution < -0.4 is 4.74 Å². The predicted molar refractivity (Wildman–Crippen MR) is 126 cm³/mol. The van der Waals surface area contributed by atoms with E-state index >= 15 is 0 Å². The van der Waals surface area contributed by atoms with Gasteiger partial charge in [0.25, 0.3) is 11.7 Å². The van der Waals surface area contributed by atoms with E-state index in [9.17, 15) is 14.7 Å². The molecular weight excluding hydrogens is 404 g/mol. The third-order valence-corrected chi connectivity index (χ3v) is 5.59. The molecule has 1 saturated heterocycles. The SMILES string of the molecule is CCCOc1ccc(C(O)=C2C(=O)C(=O)N(CCCN(C)C)[C@H]2c2ccccc2)c(C)c1. The zero-order valence-corrected chi connectivity index (χ0v) is 19.3. The van der Waals surface area contributed by atoms with Gasteiger partial charge in [-0.25, -0.2) is 0 Å². The maximum atomic E-state index is 13.1. The summed E-state index contributed by atoms with van der Waals surface area (Å²) in [5.41, 5.74) is 2.25. The van der Waals surface area contributed by atoms with Crippen LogP contribution in [0.3, 0.4) is 0 Å². The molecule has 1 fully saturated rings. The van der Waals surface area contributed by atoms with Gasteiger partial charge in [-0.2, -0.15) is 0 Å². The molecule has 0 spiro atoms.